The van der Waals surface area contributed by atoms with Gasteiger partial charge in [0.1, 0.15) is 3.96 Å². The molecule has 0 amide bonds. The molecule has 4 heteroatoms. The Morgan fingerprint density at radius 2 is 1.77 bits per heavy atom. The van der Waals surface area contributed by atoms with E-state index in [9.17, 15) is 0 Å². The molecule has 0 saturated heterocycles. The van der Waals surface area contributed by atoms with Crippen LogP contribution in [0.25, 0.3) is 0 Å². The second-order valence-electron chi connectivity index (χ2n) is 2.94. The van der Waals surface area contributed by atoms with Gasteiger partial charge in [-0.25, -0.2) is 0 Å². The summed E-state index contributed by atoms with van der Waals surface area (Å²) in [5.74, 6) is 0. The Balaban J connectivity index is 3.35. The van der Waals surface area contributed by atoms with E-state index < -0.39 is 3.96 Å². The van der Waals surface area contributed by atoms with Crippen molar-refractivity contribution in [3.8, 4) is 0 Å². The standard InChI is InChI=1S/C9H8Cl3Si/c1-5-3-4-7(9(11,12)13)8(10)6(5)2/h3-4H,1-2H3. The van der Waals surface area contributed by atoms with Gasteiger partial charge in [-0.05, 0) is 25.0 Å². The number of halogens is 3. The van der Waals surface area contributed by atoms with E-state index in [1.807, 2.05) is 26.0 Å². The molecule has 1 rings (SSSR count). The highest BCUT2D eigenvalue weighted by molar-refractivity contribution is 6.65. The fraction of sp³-hybridized carbons (Fsp3) is 0.333. The Hall–Kier alpha value is 0.307. The molecule has 0 aromatic heterocycles. The molecule has 0 nitrogen and oxygen atoms in total. The van der Waals surface area contributed by atoms with Crippen LogP contribution in [0.4, 0.5) is 0 Å². The van der Waals surface area contributed by atoms with Crippen molar-refractivity contribution in [1.29, 1.82) is 0 Å². The van der Waals surface area contributed by atoms with Crippen molar-refractivity contribution in [2.24, 2.45) is 0 Å². The van der Waals surface area contributed by atoms with Crippen molar-refractivity contribution in [2.45, 2.75) is 17.8 Å². The molecule has 69 valence electrons. The van der Waals surface area contributed by atoms with Crippen LogP contribution in [-0.4, -0.2) is 10.2 Å². The topological polar surface area (TPSA) is 0 Å². The van der Waals surface area contributed by atoms with Gasteiger partial charge in [0.2, 0.25) is 0 Å². The number of hydrogen-bond donors (Lipinski definition) is 0. The predicted molar refractivity (Wildman–Crippen MR) is 60.1 cm³/mol. The number of alkyl halides is 2. The molecule has 3 radical (unpaired) electrons. The van der Waals surface area contributed by atoms with Crippen LogP contribution < -0.4 is 0 Å². The third-order valence-corrected chi connectivity index (χ3v) is 3.16. The van der Waals surface area contributed by atoms with Gasteiger partial charge in [0.05, 0.1) is 10.2 Å². The van der Waals surface area contributed by atoms with E-state index in [1.165, 1.54) is 0 Å². The third kappa shape index (κ3) is 2.41. The second-order valence-corrected chi connectivity index (χ2v) is 6.03. The van der Waals surface area contributed by atoms with Gasteiger partial charge in [0, 0.05) is 10.6 Å². The summed E-state index contributed by atoms with van der Waals surface area (Å²) < 4.78 is -1.12. The number of hydrogen-bond acceptors (Lipinski definition) is 0. The lowest BCUT2D eigenvalue weighted by Gasteiger charge is -2.17. The van der Waals surface area contributed by atoms with Crippen molar-refractivity contribution < 1.29 is 0 Å². The van der Waals surface area contributed by atoms with Gasteiger partial charge >= 0.3 is 0 Å². The largest absolute Gasteiger partial charge is 0.125 e. The molecule has 0 bridgehead atoms. The van der Waals surface area contributed by atoms with Crippen molar-refractivity contribution in [2.75, 3.05) is 0 Å². The molecule has 0 spiro atoms. The van der Waals surface area contributed by atoms with Crippen LogP contribution in [0.3, 0.4) is 0 Å². The minimum absolute atomic E-state index is 0.611. The first kappa shape index (κ1) is 11.4. The summed E-state index contributed by atoms with van der Waals surface area (Å²) in [5, 5.41) is 0.611. The first-order valence-electron chi connectivity index (χ1n) is 3.73. The average Bonchev–Trinajstić information content (AvgIpc) is 1.98. The van der Waals surface area contributed by atoms with Crippen LogP contribution >= 0.6 is 34.8 Å². The SMILES string of the molecule is Cc1ccc(C([Si])(Cl)Cl)c(Cl)c1C. The van der Waals surface area contributed by atoms with Gasteiger partial charge in [-0.3, -0.25) is 0 Å². The Morgan fingerprint density at radius 3 is 2.23 bits per heavy atom. The lowest BCUT2D eigenvalue weighted by atomic mass is 10.1. The summed E-state index contributed by atoms with van der Waals surface area (Å²) >= 11 is 17.8. The third-order valence-electron chi connectivity index (χ3n) is 2.00. The Kier molecular flexibility index (Phi) is 3.34. The summed E-state index contributed by atoms with van der Waals surface area (Å²) in [5.41, 5.74) is 2.80. The maximum Gasteiger partial charge on any atom is 0.125 e. The van der Waals surface area contributed by atoms with Gasteiger partial charge < -0.3 is 0 Å². The fourth-order valence-electron chi connectivity index (χ4n) is 1.02. The van der Waals surface area contributed by atoms with Crippen LogP contribution in [0.2, 0.25) is 5.02 Å². The van der Waals surface area contributed by atoms with Crippen molar-refractivity contribution in [1.82, 2.24) is 0 Å². The smallest absolute Gasteiger partial charge is 0.101 e. The van der Waals surface area contributed by atoms with Gasteiger partial charge in [0.25, 0.3) is 0 Å². The quantitative estimate of drug-likeness (QED) is 0.526. The number of benzene rings is 1. The van der Waals surface area contributed by atoms with Crippen molar-refractivity contribution in [3.63, 3.8) is 0 Å². The molecular weight excluding hydrogens is 243 g/mol. The van der Waals surface area contributed by atoms with Gasteiger partial charge in [-0.15, -0.1) is 23.2 Å². The summed E-state index contributed by atoms with van der Waals surface area (Å²) in [7, 11) is 3.20. The zero-order chi connectivity index (χ0) is 10.2. The summed E-state index contributed by atoms with van der Waals surface area (Å²) in [4.78, 5) is 0. The molecule has 0 atom stereocenters. The van der Waals surface area contributed by atoms with E-state index in [1.54, 1.807) is 0 Å². The molecule has 1 aromatic rings. The van der Waals surface area contributed by atoms with Crippen LogP contribution in [0.15, 0.2) is 12.1 Å². The zero-order valence-corrected chi connectivity index (χ0v) is 10.6. The molecule has 13 heavy (non-hydrogen) atoms. The lowest BCUT2D eigenvalue weighted by Crippen LogP contribution is -2.11. The van der Waals surface area contributed by atoms with Crippen LogP contribution in [0.5, 0.6) is 0 Å². The second kappa shape index (κ2) is 3.82. The molecule has 0 saturated carbocycles. The molecular formula is C9H8Cl3Si. The summed E-state index contributed by atoms with van der Waals surface area (Å²) in [6, 6.07) is 3.76. The monoisotopic (exact) mass is 249 g/mol. The molecule has 0 unspecified atom stereocenters. The lowest BCUT2D eigenvalue weighted by molar-refractivity contribution is 1.20. The van der Waals surface area contributed by atoms with Gasteiger partial charge in [-0.2, -0.15) is 0 Å². The minimum Gasteiger partial charge on any atom is -0.101 e. The molecule has 0 fully saturated rings. The Bertz CT molecular complexity index is 328. The molecule has 0 heterocycles. The zero-order valence-electron chi connectivity index (χ0n) is 7.29. The van der Waals surface area contributed by atoms with Crippen LogP contribution in [0, 0.1) is 13.8 Å². The number of aryl methyl sites for hydroxylation is 1. The predicted octanol–water partition coefficient (Wildman–Crippen LogP) is 3.71. The fourth-order valence-corrected chi connectivity index (χ4v) is 2.08. The Labute approximate surface area is 96.6 Å². The van der Waals surface area contributed by atoms with Gasteiger partial charge in [0.15, 0.2) is 0 Å². The van der Waals surface area contributed by atoms with Crippen molar-refractivity contribution in [3.05, 3.63) is 33.8 Å². The Morgan fingerprint density at radius 1 is 1.23 bits per heavy atom. The van der Waals surface area contributed by atoms with Crippen molar-refractivity contribution >= 4 is 45.0 Å². The van der Waals surface area contributed by atoms with E-state index >= 15 is 0 Å². The maximum atomic E-state index is 6.08. The van der Waals surface area contributed by atoms with Crippen LogP contribution in [0.1, 0.15) is 16.7 Å². The number of rotatable bonds is 1. The van der Waals surface area contributed by atoms with E-state index in [-0.39, 0.29) is 0 Å². The molecule has 0 aliphatic heterocycles. The maximum absolute atomic E-state index is 6.08. The summed E-state index contributed by atoms with van der Waals surface area (Å²) in [6.45, 7) is 3.93. The van der Waals surface area contributed by atoms with E-state index in [4.69, 9.17) is 34.8 Å². The highest BCUT2D eigenvalue weighted by Crippen LogP contribution is 2.37. The first-order chi connectivity index (χ1) is 5.84. The molecule has 0 aliphatic carbocycles. The van der Waals surface area contributed by atoms with E-state index in [0.29, 0.717) is 10.6 Å². The van der Waals surface area contributed by atoms with Gasteiger partial charge in [-0.1, -0.05) is 23.7 Å². The summed E-state index contributed by atoms with van der Waals surface area (Å²) in [6.07, 6.45) is 0. The highest BCUT2D eigenvalue weighted by atomic mass is 35.5. The minimum atomic E-state index is -1.12. The highest BCUT2D eigenvalue weighted by Gasteiger charge is 2.23. The van der Waals surface area contributed by atoms with Crippen LogP contribution in [-0.2, 0) is 3.96 Å². The first-order valence-corrected chi connectivity index (χ1v) is 5.36. The molecule has 0 aliphatic rings. The molecule has 1 aromatic carbocycles. The average molecular weight is 251 g/mol. The van der Waals surface area contributed by atoms with E-state index in [0.717, 1.165) is 11.1 Å². The normalized spacial score (nSPS) is 11.8. The van der Waals surface area contributed by atoms with E-state index in [2.05, 4.69) is 10.2 Å². The molecule has 0 N–H and O–H groups in total.